The van der Waals surface area contributed by atoms with Gasteiger partial charge in [-0.2, -0.15) is 0 Å². The third-order valence-electron chi connectivity index (χ3n) is 2.72. The van der Waals surface area contributed by atoms with Crippen molar-refractivity contribution in [3.05, 3.63) is 24.7 Å². The second kappa shape index (κ2) is 3.66. The number of pyridine rings is 1. The molecule has 0 bridgehead atoms. The van der Waals surface area contributed by atoms with Crippen LogP contribution in [0, 0.1) is 0 Å². The van der Waals surface area contributed by atoms with Gasteiger partial charge in [0.1, 0.15) is 30.0 Å². The highest BCUT2D eigenvalue weighted by molar-refractivity contribution is 6.10. The summed E-state index contributed by atoms with van der Waals surface area (Å²) in [6.07, 6.45) is 2.91. The Balaban J connectivity index is 2.50. The molecule has 3 rings (SSSR count). The quantitative estimate of drug-likeness (QED) is 0.684. The van der Waals surface area contributed by atoms with E-state index >= 15 is 0 Å². The summed E-state index contributed by atoms with van der Waals surface area (Å²) in [5.74, 6) is -0.640. The Morgan fingerprint density at radius 3 is 2.94 bits per heavy atom. The summed E-state index contributed by atoms with van der Waals surface area (Å²) in [5, 5.41) is 10.3. The zero-order valence-electron chi connectivity index (χ0n) is 9.24. The smallest absolute Gasteiger partial charge is 0.323 e. The van der Waals surface area contributed by atoms with Crippen LogP contribution >= 0.6 is 0 Å². The first kappa shape index (κ1) is 10.5. The molecule has 0 saturated carbocycles. The van der Waals surface area contributed by atoms with E-state index in [1.807, 2.05) is 6.07 Å². The molecular weight excluding hydrogens is 234 g/mol. The van der Waals surface area contributed by atoms with Gasteiger partial charge in [0.2, 0.25) is 0 Å². The van der Waals surface area contributed by atoms with Gasteiger partial charge >= 0.3 is 5.97 Å². The average molecular weight is 243 g/mol. The first-order valence-electron chi connectivity index (χ1n) is 5.23. The number of anilines is 1. The molecule has 0 aliphatic rings. The molecule has 3 aromatic rings. The first-order valence-corrected chi connectivity index (χ1v) is 5.23. The Labute approximate surface area is 101 Å². The fraction of sp³-hybridized carbons (Fsp3) is 0.0909. The minimum absolute atomic E-state index is 0.215. The Hall–Kier alpha value is -2.70. The Morgan fingerprint density at radius 2 is 2.17 bits per heavy atom. The van der Waals surface area contributed by atoms with E-state index in [0.29, 0.717) is 22.5 Å². The molecule has 7 nitrogen and oxygen atoms in total. The average Bonchev–Trinajstić information content (AvgIpc) is 2.65. The van der Waals surface area contributed by atoms with Gasteiger partial charge in [-0.3, -0.25) is 9.36 Å². The molecule has 3 aromatic heterocycles. The maximum absolute atomic E-state index is 10.9. The largest absolute Gasteiger partial charge is 0.480 e. The number of nitrogens with two attached hydrogens (primary N) is 1. The highest BCUT2D eigenvalue weighted by Crippen LogP contribution is 2.28. The number of hydrogen-bond donors (Lipinski definition) is 2. The summed E-state index contributed by atoms with van der Waals surface area (Å²) < 4.78 is 1.52. The molecule has 90 valence electrons. The van der Waals surface area contributed by atoms with Gasteiger partial charge in [0.05, 0.1) is 5.39 Å². The first-order chi connectivity index (χ1) is 8.68. The summed E-state index contributed by atoms with van der Waals surface area (Å²) >= 11 is 0. The Bertz CT molecular complexity index is 765. The van der Waals surface area contributed by atoms with Crippen LogP contribution in [-0.4, -0.2) is 30.6 Å². The van der Waals surface area contributed by atoms with Crippen molar-refractivity contribution >= 4 is 33.9 Å². The highest BCUT2D eigenvalue weighted by Gasteiger charge is 2.16. The molecule has 0 atom stereocenters. The van der Waals surface area contributed by atoms with E-state index in [4.69, 9.17) is 10.8 Å². The predicted molar refractivity (Wildman–Crippen MR) is 64.9 cm³/mol. The number of carbonyl (C=O) groups is 1. The van der Waals surface area contributed by atoms with Gasteiger partial charge in [-0.05, 0) is 12.1 Å². The van der Waals surface area contributed by atoms with E-state index in [1.54, 1.807) is 12.3 Å². The summed E-state index contributed by atoms with van der Waals surface area (Å²) in [6.45, 7) is -0.215. The van der Waals surface area contributed by atoms with Crippen LogP contribution in [0.15, 0.2) is 24.7 Å². The number of aromatic nitrogens is 4. The van der Waals surface area contributed by atoms with Crippen molar-refractivity contribution in [2.24, 2.45) is 0 Å². The van der Waals surface area contributed by atoms with E-state index in [-0.39, 0.29) is 6.54 Å². The van der Waals surface area contributed by atoms with Crippen molar-refractivity contribution in [2.45, 2.75) is 6.54 Å². The number of carboxylic acids is 1. The molecule has 0 saturated heterocycles. The number of fused-ring (bicyclic) bond motifs is 3. The van der Waals surface area contributed by atoms with Gasteiger partial charge in [-0.15, -0.1) is 0 Å². The molecule has 0 aromatic carbocycles. The molecule has 0 aliphatic carbocycles. The van der Waals surface area contributed by atoms with Gasteiger partial charge in [0.15, 0.2) is 0 Å². The van der Waals surface area contributed by atoms with Crippen molar-refractivity contribution in [3.63, 3.8) is 0 Å². The molecule has 18 heavy (non-hydrogen) atoms. The van der Waals surface area contributed by atoms with Crippen LogP contribution in [0.5, 0.6) is 0 Å². The molecule has 0 aliphatic heterocycles. The van der Waals surface area contributed by atoms with E-state index < -0.39 is 5.97 Å². The van der Waals surface area contributed by atoms with Crippen LogP contribution in [0.4, 0.5) is 5.82 Å². The van der Waals surface area contributed by atoms with Crippen molar-refractivity contribution in [1.82, 2.24) is 19.5 Å². The Morgan fingerprint density at radius 1 is 1.33 bits per heavy atom. The zero-order valence-corrected chi connectivity index (χ0v) is 9.24. The second-order valence-electron chi connectivity index (χ2n) is 3.81. The van der Waals surface area contributed by atoms with Crippen molar-refractivity contribution in [3.8, 4) is 0 Å². The van der Waals surface area contributed by atoms with Crippen LogP contribution < -0.4 is 5.73 Å². The standard InChI is InChI=1S/C11H9N5O2/c12-9-8-6-2-1-3-13-10(6)16(4-7(17)18)11(8)15-5-14-9/h1-3,5H,4H2,(H,17,18)(H2,12,14,15). The molecule has 0 spiro atoms. The van der Waals surface area contributed by atoms with Crippen molar-refractivity contribution in [2.75, 3.05) is 5.73 Å². The minimum Gasteiger partial charge on any atom is -0.480 e. The van der Waals surface area contributed by atoms with Gasteiger partial charge < -0.3 is 10.8 Å². The number of nitrogen functional groups attached to an aromatic ring is 1. The van der Waals surface area contributed by atoms with Crippen molar-refractivity contribution < 1.29 is 9.90 Å². The monoisotopic (exact) mass is 243 g/mol. The number of hydrogen-bond acceptors (Lipinski definition) is 5. The molecule has 3 N–H and O–H groups in total. The maximum atomic E-state index is 10.9. The third-order valence-corrected chi connectivity index (χ3v) is 2.72. The summed E-state index contributed by atoms with van der Waals surface area (Å²) in [6, 6.07) is 3.59. The topological polar surface area (TPSA) is 107 Å². The summed E-state index contributed by atoms with van der Waals surface area (Å²) in [4.78, 5) is 23.1. The van der Waals surface area contributed by atoms with E-state index in [9.17, 15) is 4.79 Å². The van der Waals surface area contributed by atoms with Gasteiger partial charge in [-0.1, -0.05) is 0 Å². The fourth-order valence-electron chi connectivity index (χ4n) is 2.05. The number of nitrogens with zero attached hydrogens (tertiary/aromatic N) is 4. The van der Waals surface area contributed by atoms with Crippen LogP contribution in [0.25, 0.3) is 22.1 Å². The van der Waals surface area contributed by atoms with Crippen LogP contribution in [0.2, 0.25) is 0 Å². The summed E-state index contributed by atoms with van der Waals surface area (Å²) in [7, 11) is 0. The molecular formula is C11H9N5O2. The molecule has 0 radical (unpaired) electrons. The van der Waals surface area contributed by atoms with E-state index in [0.717, 1.165) is 5.39 Å². The lowest BCUT2D eigenvalue weighted by Crippen LogP contribution is -2.09. The molecule has 3 heterocycles. The number of aliphatic carboxylic acids is 1. The van der Waals surface area contributed by atoms with Crippen molar-refractivity contribution in [1.29, 1.82) is 0 Å². The molecule has 0 unspecified atom stereocenters. The summed E-state index contributed by atoms with van der Waals surface area (Å²) in [5.41, 5.74) is 6.86. The normalized spacial score (nSPS) is 11.1. The van der Waals surface area contributed by atoms with Gasteiger partial charge in [0, 0.05) is 11.6 Å². The molecule has 7 heteroatoms. The zero-order chi connectivity index (χ0) is 12.7. The van der Waals surface area contributed by atoms with Crippen LogP contribution in [0.1, 0.15) is 0 Å². The third kappa shape index (κ3) is 1.37. The lowest BCUT2D eigenvalue weighted by molar-refractivity contribution is -0.137. The van der Waals surface area contributed by atoms with Crippen LogP contribution in [0.3, 0.4) is 0 Å². The number of rotatable bonds is 2. The Kier molecular flexibility index (Phi) is 2.12. The SMILES string of the molecule is Nc1ncnc2c1c1cccnc1n2CC(=O)O. The van der Waals surface area contributed by atoms with E-state index in [2.05, 4.69) is 15.0 Å². The van der Waals surface area contributed by atoms with Gasteiger partial charge in [0.25, 0.3) is 0 Å². The minimum atomic E-state index is -0.961. The predicted octanol–water partition coefficient (Wildman–Crippen LogP) is 0.646. The van der Waals surface area contributed by atoms with E-state index in [1.165, 1.54) is 10.9 Å². The molecule has 0 amide bonds. The fourth-order valence-corrected chi connectivity index (χ4v) is 2.05. The lowest BCUT2D eigenvalue weighted by atomic mass is 10.2. The highest BCUT2D eigenvalue weighted by atomic mass is 16.4. The van der Waals surface area contributed by atoms with Crippen LogP contribution in [-0.2, 0) is 11.3 Å². The second-order valence-corrected chi connectivity index (χ2v) is 3.81. The lowest BCUT2D eigenvalue weighted by Gasteiger charge is -2.01. The maximum Gasteiger partial charge on any atom is 0.323 e. The number of carboxylic acid groups (broad SMARTS) is 1. The van der Waals surface area contributed by atoms with Gasteiger partial charge in [-0.25, -0.2) is 15.0 Å². The molecule has 0 fully saturated rings.